The molecule has 0 saturated heterocycles. The highest BCUT2D eigenvalue weighted by Gasteiger charge is 2.35. The maximum atomic E-state index is 13.5. The summed E-state index contributed by atoms with van der Waals surface area (Å²) in [5.74, 6) is -0.247. The lowest BCUT2D eigenvalue weighted by molar-refractivity contribution is -0.133. The zero-order valence-electron chi connectivity index (χ0n) is 17.4. The van der Waals surface area contributed by atoms with Crippen molar-refractivity contribution < 1.29 is 13.2 Å². The number of rotatable bonds is 7. The van der Waals surface area contributed by atoms with Gasteiger partial charge in [0.1, 0.15) is 0 Å². The van der Waals surface area contributed by atoms with Crippen molar-refractivity contribution >= 4 is 38.9 Å². The van der Waals surface area contributed by atoms with Gasteiger partial charge in [0.25, 0.3) is 0 Å². The monoisotopic (exact) mass is 486 g/mol. The van der Waals surface area contributed by atoms with Gasteiger partial charge in [-0.25, -0.2) is 8.42 Å². The second kappa shape index (κ2) is 9.58. The molecule has 2 heterocycles. The van der Waals surface area contributed by atoms with Crippen LogP contribution >= 0.6 is 22.9 Å². The molecule has 0 aliphatic carbocycles. The second-order valence-corrected chi connectivity index (χ2v) is 10.9. The van der Waals surface area contributed by atoms with Gasteiger partial charge in [-0.15, -0.1) is 17.9 Å². The van der Waals surface area contributed by atoms with Crippen LogP contribution in [-0.2, 0) is 21.2 Å². The molecule has 32 heavy (non-hydrogen) atoms. The zero-order valence-corrected chi connectivity index (χ0v) is 19.7. The number of thiophene rings is 1. The molecule has 1 amide bonds. The van der Waals surface area contributed by atoms with Crippen molar-refractivity contribution in [2.75, 3.05) is 19.6 Å². The number of halogens is 1. The van der Waals surface area contributed by atoms with E-state index in [1.807, 2.05) is 35.7 Å². The van der Waals surface area contributed by atoms with Gasteiger partial charge in [-0.2, -0.15) is 4.31 Å². The molecule has 4 rings (SSSR count). The summed E-state index contributed by atoms with van der Waals surface area (Å²) >= 11 is 7.76. The van der Waals surface area contributed by atoms with Crippen LogP contribution in [-0.4, -0.2) is 43.2 Å². The Labute approximate surface area is 197 Å². The summed E-state index contributed by atoms with van der Waals surface area (Å²) in [6.45, 7) is 3.99. The number of hydrogen-bond acceptors (Lipinski definition) is 4. The first kappa shape index (κ1) is 22.7. The zero-order chi connectivity index (χ0) is 22.7. The van der Waals surface area contributed by atoms with Gasteiger partial charge < -0.3 is 4.90 Å². The van der Waals surface area contributed by atoms with E-state index in [4.69, 9.17) is 11.6 Å². The predicted molar refractivity (Wildman–Crippen MR) is 128 cm³/mol. The first-order chi connectivity index (χ1) is 15.4. The number of carbonyl (C=O) groups is 1. The highest BCUT2D eigenvalue weighted by atomic mass is 35.5. The molecule has 8 heteroatoms. The molecule has 166 valence electrons. The van der Waals surface area contributed by atoms with E-state index in [0.29, 0.717) is 11.6 Å². The average molecular weight is 487 g/mol. The molecule has 0 fully saturated rings. The highest BCUT2D eigenvalue weighted by Crippen LogP contribution is 2.38. The molecule has 1 unspecified atom stereocenters. The van der Waals surface area contributed by atoms with Crippen LogP contribution in [0.25, 0.3) is 0 Å². The van der Waals surface area contributed by atoms with Crippen LogP contribution in [0.4, 0.5) is 0 Å². The van der Waals surface area contributed by atoms with E-state index >= 15 is 0 Å². The van der Waals surface area contributed by atoms with Crippen molar-refractivity contribution in [1.29, 1.82) is 0 Å². The third-order valence-electron chi connectivity index (χ3n) is 5.50. The van der Waals surface area contributed by atoms with Gasteiger partial charge in [0.15, 0.2) is 0 Å². The van der Waals surface area contributed by atoms with Crippen LogP contribution in [0.5, 0.6) is 0 Å². The summed E-state index contributed by atoms with van der Waals surface area (Å²) in [5, 5.41) is 2.66. The maximum Gasteiger partial charge on any atom is 0.243 e. The number of carbonyl (C=O) groups excluding carboxylic acids is 1. The molecule has 1 atom stereocenters. The molecule has 0 radical (unpaired) electrons. The Morgan fingerprint density at radius 3 is 2.56 bits per heavy atom. The molecular formula is C24H23ClN2O3S2. The van der Waals surface area contributed by atoms with E-state index in [2.05, 4.69) is 6.58 Å². The number of benzene rings is 2. The lowest BCUT2D eigenvalue weighted by atomic mass is 9.93. The minimum atomic E-state index is -3.84. The fourth-order valence-electron chi connectivity index (χ4n) is 3.96. The third-order valence-corrected chi connectivity index (χ3v) is 8.57. The Bertz CT molecular complexity index is 1210. The summed E-state index contributed by atoms with van der Waals surface area (Å²) < 4.78 is 27.5. The smallest absolute Gasteiger partial charge is 0.243 e. The maximum absolute atomic E-state index is 13.5. The molecule has 0 N–H and O–H groups in total. The first-order valence-corrected chi connectivity index (χ1v) is 12.9. The molecule has 0 bridgehead atoms. The van der Waals surface area contributed by atoms with Crippen molar-refractivity contribution in [2.24, 2.45) is 0 Å². The predicted octanol–water partition coefficient (Wildman–Crippen LogP) is 4.75. The normalized spacial score (nSPS) is 16.1. The van der Waals surface area contributed by atoms with Crippen molar-refractivity contribution in [3.8, 4) is 0 Å². The molecule has 1 aliphatic heterocycles. The standard InChI is InChI=1S/C24H23ClN2O3S2/c1-2-14-26(32(29,30)20-6-4-3-5-7-20)17-23(28)27-15-12-22-21(13-16-31-22)24(27)18-8-10-19(25)11-9-18/h2-11,13,16,24H,1,12,14-15,17H2. The fraction of sp³-hybridized carbons (Fsp3) is 0.208. The Kier molecular flexibility index (Phi) is 6.81. The van der Waals surface area contributed by atoms with E-state index in [1.165, 1.54) is 27.4 Å². The molecule has 2 aromatic carbocycles. The fourth-order valence-corrected chi connectivity index (χ4v) is 6.38. The summed E-state index contributed by atoms with van der Waals surface area (Å²) in [6.07, 6.45) is 2.24. The van der Waals surface area contributed by atoms with Crippen molar-refractivity contribution in [3.05, 3.63) is 99.7 Å². The van der Waals surface area contributed by atoms with Crippen molar-refractivity contribution in [3.63, 3.8) is 0 Å². The molecule has 1 aromatic heterocycles. The summed E-state index contributed by atoms with van der Waals surface area (Å²) in [6, 6.07) is 17.4. The third kappa shape index (κ3) is 4.52. The molecular weight excluding hydrogens is 464 g/mol. The molecule has 3 aromatic rings. The van der Waals surface area contributed by atoms with Gasteiger partial charge in [0.2, 0.25) is 15.9 Å². The van der Waals surface area contributed by atoms with Crippen LogP contribution in [0.2, 0.25) is 5.02 Å². The van der Waals surface area contributed by atoms with Gasteiger partial charge in [0, 0.05) is 23.0 Å². The van der Waals surface area contributed by atoms with Crippen LogP contribution in [0, 0.1) is 0 Å². The molecule has 0 spiro atoms. The average Bonchev–Trinajstić information content (AvgIpc) is 3.28. The van der Waals surface area contributed by atoms with Gasteiger partial charge >= 0.3 is 0 Å². The Hall–Kier alpha value is -2.45. The topological polar surface area (TPSA) is 57.7 Å². The minimum Gasteiger partial charge on any atom is -0.330 e. The lowest BCUT2D eigenvalue weighted by Gasteiger charge is -2.37. The first-order valence-electron chi connectivity index (χ1n) is 10.2. The van der Waals surface area contributed by atoms with Crippen LogP contribution < -0.4 is 0 Å². The summed E-state index contributed by atoms with van der Waals surface area (Å²) in [5.41, 5.74) is 2.03. The lowest BCUT2D eigenvalue weighted by Crippen LogP contribution is -2.46. The minimum absolute atomic E-state index is 0.0477. The summed E-state index contributed by atoms with van der Waals surface area (Å²) in [4.78, 5) is 16.7. The van der Waals surface area contributed by atoms with E-state index in [-0.39, 0.29) is 29.9 Å². The Balaban J connectivity index is 1.65. The second-order valence-electron chi connectivity index (χ2n) is 7.49. The molecule has 0 saturated carbocycles. The van der Waals surface area contributed by atoms with E-state index in [9.17, 15) is 13.2 Å². The number of nitrogens with zero attached hydrogens (tertiary/aromatic N) is 2. The Morgan fingerprint density at radius 2 is 1.88 bits per heavy atom. The molecule has 5 nitrogen and oxygen atoms in total. The van der Waals surface area contributed by atoms with E-state index < -0.39 is 10.0 Å². The van der Waals surface area contributed by atoms with Crippen LogP contribution in [0.15, 0.2) is 83.6 Å². The highest BCUT2D eigenvalue weighted by molar-refractivity contribution is 7.89. The van der Waals surface area contributed by atoms with Crippen LogP contribution in [0.1, 0.15) is 22.0 Å². The molecule has 1 aliphatic rings. The number of hydrogen-bond donors (Lipinski definition) is 0. The van der Waals surface area contributed by atoms with Gasteiger partial charge in [0.05, 0.1) is 17.5 Å². The van der Waals surface area contributed by atoms with Gasteiger partial charge in [-0.1, -0.05) is 48.0 Å². The van der Waals surface area contributed by atoms with Gasteiger partial charge in [-0.05, 0) is 53.3 Å². The van der Waals surface area contributed by atoms with Crippen LogP contribution in [0.3, 0.4) is 0 Å². The largest absolute Gasteiger partial charge is 0.330 e. The van der Waals surface area contributed by atoms with Crippen molar-refractivity contribution in [2.45, 2.75) is 17.4 Å². The Morgan fingerprint density at radius 1 is 1.16 bits per heavy atom. The quantitative estimate of drug-likeness (QED) is 0.453. The van der Waals surface area contributed by atoms with Gasteiger partial charge in [-0.3, -0.25) is 4.79 Å². The van der Waals surface area contributed by atoms with E-state index in [1.54, 1.807) is 34.4 Å². The van der Waals surface area contributed by atoms with E-state index in [0.717, 1.165) is 17.5 Å². The number of sulfonamides is 1. The van der Waals surface area contributed by atoms with Crippen molar-refractivity contribution in [1.82, 2.24) is 9.21 Å². The SMILES string of the molecule is C=CCN(CC(=O)N1CCc2sccc2C1c1ccc(Cl)cc1)S(=O)(=O)c1ccccc1. The summed E-state index contributed by atoms with van der Waals surface area (Å²) in [7, 11) is -3.84. The number of amides is 1. The number of fused-ring (bicyclic) bond motifs is 1.